The largest absolute Gasteiger partial charge is 0.465 e. The number of benzene rings is 4. The molecule has 1 aliphatic carbocycles. The minimum atomic E-state index is -0.699. The van der Waals surface area contributed by atoms with E-state index in [1.807, 2.05) is 85.7 Å². The number of amides is 3. The third-order valence-electron chi connectivity index (χ3n) is 10.1. The molecule has 0 radical (unpaired) electrons. The van der Waals surface area contributed by atoms with Gasteiger partial charge in [0.1, 0.15) is 15.9 Å². The van der Waals surface area contributed by atoms with Crippen LogP contribution in [-0.4, -0.2) is 44.9 Å². The lowest BCUT2D eigenvalue weighted by Gasteiger charge is -2.33. The van der Waals surface area contributed by atoms with Gasteiger partial charge in [0, 0.05) is 40.8 Å². The van der Waals surface area contributed by atoms with Crippen LogP contribution in [-0.2, 0) is 27.2 Å². The van der Waals surface area contributed by atoms with Crippen LogP contribution in [0.3, 0.4) is 0 Å². The second-order valence-electron chi connectivity index (χ2n) is 15.2. The van der Waals surface area contributed by atoms with Crippen molar-refractivity contribution in [3.05, 3.63) is 148 Å². The number of nitrogens with one attached hydrogen (secondary N) is 3. The zero-order chi connectivity index (χ0) is 40.7. The van der Waals surface area contributed by atoms with Gasteiger partial charge in [-0.3, -0.25) is 14.4 Å². The normalized spacial score (nSPS) is 14.5. The number of ether oxygens (including phenoxy) is 1. The molecule has 9 nitrogen and oxygen atoms in total. The van der Waals surface area contributed by atoms with Gasteiger partial charge in [-0.25, -0.2) is 4.79 Å². The SMILES string of the molecule is COC(=O)c1c(NC(=O)C(Sc2cccc(NC(=O)/C(=C\c3ccc(N(C)C)cc3)NC(=O)c3ccccc3)c2)c2ccccc2)sc2c1CCC(C(C)(C)C)C2. The van der Waals surface area contributed by atoms with Gasteiger partial charge in [0.05, 0.1) is 12.7 Å². The summed E-state index contributed by atoms with van der Waals surface area (Å²) in [5.74, 6) is -1.21. The number of carbonyl (C=O) groups is 4. The molecule has 4 aromatic carbocycles. The number of rotatable bonds is 12. The van der Waals surface area contributed by atoms with Crippen LogP contribution in [0.4, 0.5) is 16.4 Å². The molecule has 1 heterocycles. The molecule has 1 aliphatic rings. The summed E-state index contributed by atoms with van der Waals surface area (Å²) < 4.78 is 5.22. The fourth-order valence-electron chi connectivity index (χ4n) is 6.77. The lowest BCUT2D eigenvalue weighted by Crippen LogP contribution is -2.30. The average molecular weight is 801 g/mol. The Hall–Kier alpha value is -5.65. The van der Waals surface area contributed by atoms with Crippen molar-refractivity contribution in [3.8, 4) is 0 Å². The van der Waals surface area contributed by atoms with Crippen molar-refractivity contribution in [2.45, 2.75) is 50.2 Å². The van der Waals surface area contributed by atoms with Gasteiger partial charge >= 0.3 is 5.97 Å². The molecule has 0 bridgehead atoms. The van der Waals surface area contributed by atoms with Gasteiger partial charge in [-0.05, 0) is 95.8 Å². The van der Waals surface area contributed by atoms with E-state index in [-0.39, 0.29) is 17.0 Å². The highest BCUT2D eigenvalue weighted by Gasteiger charge is 2.35. The number of anilines is 3. The Labute approximate surface area is 342 Å². The van der Waals surface area contributed by atoms with E-state index < -0.39 is 23.0 Å². The van der Waals surface area contributed by atoms with E-state index in [1.54, 1.807) is 48.5 Å². The first-order valence-corrected chi connectivity index (χ1v) is 20.5. The molecule has 57 heavy (non-hydrogen) atoms. The summed E-state index contributed by atoms with van der Waals surface area (Å²) in [6.07, 6.45) is 4.19. The second-order valence-corrected chi connectivity index (χ2v) is 17.5. The molecular formula is C46H48N4O5S2. The fourth-order valence-corrected chi connectivity index (χ4v) is 9.17. The number of thiophene rings is 1. The molecule has 0 aliphatic heterocycles. The minimum Gasteiger partial charge on any atom is -0.465 e. The Kier molecular flexibility index (Phi) is 13.0. The van der Waals surface area contributed by atoms with Gasteiger partial charge in [0.15, 0.2) is 0 Å². The number of fused-ring (bicyclic) bond motifs is 1. The van der Waals surface area contributed by atoms with Crippen LogP contribution >= 0.6 is 23.1 Å². The molecule has 11 heteroatoms. The van der Waals surface area contributed by atoms with Crippen LogP contribution in [0.2, 0.25) is 0 Å². The van der Waals surface area contributed by atoms with Gasteiger partial charge < -0.3 is 25.6 Å². The quantitative estimate of drug-likeness (QED) is 0.0654. The first kappa shape index (κ1) is 41.0. The third kappa shape index (κ3) is 10.2. The molecule has 3 amide bonds. The van der Waals surface area contributed by atoms with E-state index in [9.17, 15) is 19.2 Å². The lowest BCUT2D eigenvalue weighted by molar-refractivity contribution is -0.116. The molecule has 0 saturated heterocycles. The zero-order valence-electron chi connectivity index (χ0n) is 33.1. The number of carbonyl (C=O) groups excluding carboxylic acids is 4. The molecule has 294 valence electrons. The van der Waals surface area contributed by atoms with Gasteiger partial charge in [0.25, 0.3) is 11.8 Å². The highest BCUT2D eigenvalue weighted by molar-refractivity contribution is 8.00. The Balaban J connectivity index is 1.25. The summed E-state index contributed by atoms with van der Waals surface area (Å²) in [4.78, 5) is 58.4. The monoisotopic (exact) mass is 800 g/mol. The summed E-state index contributed by atoms with van der Waals surface area (Å²) in [5, 5.41) is 8.67. The number of hydrogen-bond acceptors (Lipinski definition) is 8. The van der Waals surface area contributed by atoms with E-state index >= 15 is 0 Å². The Morgan fingerprint density at radius 2 is 1.56 bits per heavy atom. The molecule has 0 fully saturated rings. The Bertz CT molecular complexity index is 2260. The maximum absolute atomic E-state index is 14.3. The van der Waals surface area contributed by atoms with Crippen LogP contribution in [0.1, 0.15) is 74.7 Å². The van der Waals surface area contributed by atoms with Crippen molar-refractivity contribution in [2.24, 2.45) is 11.3 Å². The van der Waals surface area contributed by atoms with Crippen LogP contribution in [0, 0.1) is 11.3 Å². The predicted octanol–water partition coefficient (Wildman–Crippen LogP) is 9.63. The van der Waals surface area contributed by atoms with E-state index in [4.69, 9.17) is 4.74 Å². The predicted molar refractivity (Wildman–Crippen MR) is 232 cm³/mol. The summed E-state index contributed by atoms with van der Waals surface area (Å²) in [6.45, 7) is 6.73. The summed E-state index contributed by atoms with van der Waals surface area (Å²) in [5.41, 5.74) is 4.99. The lowest BCUT2D eigenvalue weighted by atomic mass is 9.72. The van der Waals surface area contributed by atoms with Crippen molar-refractivity contribution in [1.82, 2.24) is 5.32 Å². The number of nitrogens with zero attached hydrogens (tertiary/aromatic N) is 1. The Morgan fingerprint density at radius 3 is 2.21 bits per heavy atom. The maximum atomic E-state index is 14.3. The molecule has 2 atom stereocenters. The number of hydrogen-bond donors (Lipinski definition) is 3. The highest BCUT2D eigenvalue weighted by atomic mass is 32.2. The maximum Gasteiger partial charge on any atom is 0.341 e. The van der Waals surface area contributed by atoms with Crippen LogP contribution in [0.5, 0.6) is 0 Å². The van der Waals surface area contributed by atoms with Crippen LogP contribution in [0.25, 0.3) is 6.08 Å². The van der Waals surface area contributed by atoms with Crippen LogP contribution in [0.15, 0.2) is 120 Å². The first-order chi connectivity index (χ1) is 27.3. The summed E-state index contributed by atoms with van der Waals surface area (Å²) >= 11 is 2.79. The number of methoxy groups -OCH3 is 1. The van der Waals surface area contributed by atoms with Crippen molar-refractivity contribution in [3.63, 3.8) is 0 Å². The molecule has 6 rings (SSSR count). The van der Waals surface area contributed by atoms with Gasteiger partial charge in [0.2, 0.25) is 5.91 Å². The average Bonchev–Trinajstić information content (AvgIpc) is 3.57. The topological polar surface area (TPSA) is 117 Å². The minimum absolute atomic E-state index is 0.0647. The standard InChI is InChI=1S/C46H48N4O5S2/c1-46(2,3)32-22-25-36-38(27-32)57-44(39(36)45(54)55-6)49-43(53)40(30-14-9-7-10-15-30)56-35-19-13-18-33(28-35)47-42(52)37(48-41(51)31-16-11-8-12-17-31)26-29-20-23-34(24-21-29)50(4)5/h7-21,23-24,26,28,32,40H,22,25,27H2,1-6H3,(H,47,52)(H,48,51)(H,49,53)/b37-26+. The first-order valence-electron chi connectivity index (χ1n) is 18.8. The van der Waals surface area contributed by atoms with Gasteiger partial charge in [-0.2, -0.15) is 0 Å². The van der Waals surface area contributed by atoms with E-state index in [0.29, 0.717) is 27.7 Å². The highest BCUT2D eigenvalue weighted by Crippen LogP contribution is 2.45. The third-order valence-corrected chi connectivity index (χ3v) is 12.5. The zero-order valence-corrected chi connectivity index (χ0v) is 34.7. The number of esters is 1. The molecule has 3 N–H and O–H groups in total. The van der Waals surface area contributed by atoms with Crippen LogP contribution < -0.4 is 20.9 Å². The number of thioether (sulfide) groups is 1. The molecular weight excluding hydrogens is 753 g/mol. The van der Waals surface area contributed by atoms with Crippen molar-refractivity contribution >= 4 is 69.2 Å². The van der Waals surface area contributed by atoms with E-state index in [1.165, 1.54) is 30.2 Å². The van der Waals surface area contributed by atoms with E-state index in [2.05, 4.69) is 36.7 Å². The molecule has 1 aromatic heterocycles. The molecule has 2 unspecified atom stereocenters. The Morgan fingerprint density at radius 1 is 0.877 bits per heavy atom. The summed E-state index contributed by atoms with van der Waals surface area (Å²) in [7, 11) is 5.26. The van der Waals surface area contributed by atoms with Crippen molar-refractivity contribution in [1.29, 1.82) is 0 Å². The fraction of sp³-hybridized carbons (Fsp3) is 0.261. The molecule has 5 aromatic rings. The van der Waals surface area contributed by atoms with Gasteiger partial charge in [-0.15, -0.1) is 23.1 Å². The van der Waals surface area contributed by atoms with Crippen molar-refractivity contribution in [2.75, 3.05) is 36.7 Å². The molecule has 0 saturated carbocycles. The van der Waals surface area contributed by atoms with Gasteiger partial charge in [-0.1, -0.05) is 87.5 Å². The molecule has 0 spiro atoms. The smallest absolute Gasteiger partial charge is 0.341 e. The van der Waals surface area contributed by atoms with E-state index in [0.717, 1.165) is 51.4 Å². The van der Waals surface area contributed by atoms with Crippen molar-refractivity contribution < 1.29 is 23.9 Å². The second kappa shape index (κ2) is 18.1. The summed E-state index contributed by atoms with van der Waals surface area (Å²) in [6, 6.07) is 33.0.